The van der Waals surface area contributed by atoms with Crippen molar-refractivity contribution in [1.29, 1.82) is 0 Å². The number of aryl methyl sites for hydroxylation is 2. The van der Waals surface area contributed by atoms with Crippen molar-refractivity contribution in [3.8, 4) is 11.5 Å². The molecule has 0 spiro atoms. The Labute approximate surface area is 173 Å². The van der Waals surface area contributed by atoms with E-state index in [4.69, 9.17) is 4.74 Å². The van der Waals surface area contributed by atoms with E-state index in [1.54, 1.807) is 0 Å². The zero-order valence-corrected chi connectivity index (χ0v) is 17.5. The number of pyridine rings is 1. The Hall–Kier alpha value is -3.14. The average Bonchev–Trinajstić information content (AvgIpc) is 2.69. The SMILES string of the molecule is CCCc1ccccc1Oc1cccc(NC(=O)c2ccc(C(C)C)nc2C)c1. The lowest BCUT2D eigenvalue weighted by molar-refractivity contribution is 0.102. The van der Waals surface area contributed by atoms with Crippen LogP contribution in [0, 0.1) is 6.92 Å². The third-order valence-corrected chi connectivity index (χ3v) is 4.76. The van der Waals surface area contributed by atoms with Gasteiger partial charge >= 0.3 is 0 Å². The Balaban J connectivity index is 1.76. The molecule has 0 aliphatic rings. The molecule has 150 valence electrons. The van der Waals surface area contributed by atoms with Gasteiger partial charge in [-0.15, -0.1) is 0 Å². The van der Waals surface area contributed by atoms with Gasteiger partial charge in [-0.3, -0.25) is 9.78 Å². The number of amides is 1. The number of benzene rings is 2. The number of nitrogens with one attached hydrogen (secondary N) is 1. The van der Waals surface area contributed by atoms with Gasteiger partial charge in [0.1, 0.15) is 11.5 Å². The van der Waals surface area contributed by atoms with Crippen LogP contribution >= 0.6 is 0 Å². The molecule has 4 nitrogen and oxygen atoms in total. The van der Waals surface area contributed by atoms with Crippen LogP contribution in [0.3, 0.4) is 0 Å². The first-order valence-electron chi connectivity index (χ1n) is 10.1. The van der Waals surface area contributed by atoms with E-state index in [0.29, 0.717) is 22.9 Å². The lowest BCUT2D eigenvalue weighted by atomic mass is 10.1. The van der Waals surface area contributed by atoms with E-state index in [9.17, 15) is 4.79 Å². The highest BCUT2D eigenvalue weighted by Crippen LogP contribution is 2.28. The molecule has 3 rings (SSSR count). The zero-order chi connectivity index (χ0) is 20.8. The van der Waals surface area contributed by atoms with Gasteiger partial charge in [0.25, 0.3) is 5.91 Å². The van der Waals surface area contributed by atoms with E-state index in [2.05, 4.69) is 37.1 Å². The first-order chi connectivity index (χ1) is 14.0. The predicted molar refractivity (Wildman–Crippen MR) is 118 cm³/mol. The third kappa shape index (κ3) is 5.23. The smallest absolute Gasteiger partial charge is 0.257 e. The zero-order valence-electron chi connectivity index (χ0n) is 17.5. The van der Waals surface area contributed by atoms with E-state index in [1.165, 1.54) is 5.56 Å². The number of aromatic nitrogens is 1. The molecule has 0 fully saturated rings. The summed E-state index contributed by atoms with van der Waals surface area (Å²) in [6.07, 6.45) is 2.02. The maximum atomic E-state index is 12.7. The average molecular weight is 389 g/mol. The molecule has 0 aliphatic heterocycles. The van der Waals surface area contributed by atoms with Gasteiger partial charge in [-0.2, -0.15) is 0 Å². The van der Waals surface area contributed by atoms with Crippen molar-refractivity contribution in [2.45, 2.75) is 46.5 Å². The molecule has 1 amide bonds. The third-order valence-electron chi connectivity index (χ3n) is 4.76. The van der Waals surface area contributed by atoms with E-state index < -0.39 is 0 Å². The number of para-hydroxylation sites is 1. The minimum absolute atomic E-state index is 0.172. The van der Waals surface area contributed by atoms with Gasteiger partial charge in [0.05, 0.1) is 11.3 Å². The lowest BCUT2D eigenvalue weighted by Gasteiger charge is -2.13. The summed E-state index contributed by atoms with van der Waals surface area (Å²) in [6.45, 7) is 8.19. The molecule has 0 atom stereocenters. The number of hydrogen-bond donors (Lipinski definition) is 1. The van der Waals surface area contributed by atoms with E-state index in [1.807, 2.05) is 61.5 Å². The minimum atomic E-state index is -0.172. The molecular formula is C25H28N2O2. The molecule has 0 aliphatic carbocycles. The van der Waals surface area contributed by atoms with E-state index >= 15 is 0 Å². The molecule has 0 unspecified atom stereocenters. The molecule has 1 aromatic heterocycles. The summed E-state index contributed by atoms with van der Waals surface area (Å²) in [5.74, 6) is 1.70. The van der Waals surface area contributed by atoms with Crippen LogP contribution in [0.15, 0.2) is 60.7 Å². The molecule has 0 radical (unpaired) electrons. The van der Waals surface area contributed by atoms with Crippen LogP contribution in [-0.4, -0.2) is 10.9 Å². The van der Waals surface area contributed by atoms with Gasteiger partial charge in [-0.25, -0.2) is 0 Å². The largest absolute Gasteiger partial charge is 0.457 e. The van der Waals surface area contributed by atoms with E-state index in [0.717, 1.165) is 30.0 Å². The maximum Gasteiger partial charge on any atom is 0.257 e. The Morgan fingerprint density at radius 2 is 1.86 bits per heavy atom. The maximum absolute atomic E-state index is 12.7. The Bertz CT molecular complexity index is 996. The summed E-state index contributed by atoms with van der Waals surface area (Å²) in [7, 11) is 0. The van der Waals surface area contributed by atoms with Crippen molar-refractivity contribution < 1.29 is 9.53 Å². The van der Waals surface area contributed by atoms with Crippen molar-refractivity contribution in [2.75, 3.05) is 5.32 Å². The number of hydrogen-bond acceptors (Lipinski definition) is 3. The number of carbonyl (C=O) groups is 1. The molecule has 0 bridgehead atoms. The van der Waals surface area contributed by atoms with Crippen LogP contribution in [0.25, 0.3) is 0 Å². The number of carbonyl (C=O) groups excluding carboxylic acids is 1. The minimum Gasteiger partial charge on any atom is -0.457 e. The molecule has 29 heavy (non-hydrogen) atoms. The highest BCUT2D eigenvalue weighted by Gasteiger charge is 2.13. The molecule has 4 heteroatoms. The fourth-order valence-corrected chi connectivity index (χ4v) is 3.18. The number of anilines is 1. The highest BCUT2D eigenvalue weighted by atomic mass is 16.5. The summed E-state index contributed by atoms with van der Waals surface area (Å²) in [5.41, 5.74) is 4.16. The first-order valence-corrected chi connectivity index (χ1v) is 10.1. The normalized spacial score (nSPS) is 10.8. The van der Waals surface area contributed by atoms with Crippen molar-refractivity contribution in [2.24, 2.45) is 0 Å². The van der Waals surface area contributed by atoms with Gasteiger partial charge < -0.3 is 10.1 Å². The standard InChI is InChI=1S/C25H28N2O2/c1-5-9-19-10-6-7-13-24(19)29-21-12-8-11-20(16-21)27-25(28)22-14-15-23(17(2)3)26-18(22)4/h6-8,10-17H,5,9H2,1-4H3,(H,27,28). The van der Waals surface area contributed by atoms with Gasteiger partial charge in [0.2, 0.25) is 0 Å². The Morgan fingerprint density at radius 1 is 1.07 bits per heavy atom. The molecule has 2 aromatic carbocycles. The summed E-state index contributed by atoms with van der Waals surface area (Å²) in [4.78, 5) is 17.3. The monoisotopic (exact) mass is 388 g/mol. The van der Waals surface area contributed by atoms with Gasteiger partial charge in [-0.05, 0) is 55.2 Å². The van der Waals surface area contributed by atoms with Crippen molar-refractivity contribution in [3.63, 3.8) is 0 Å². The summed E-state index contributed by atoms with van der Waals surface area (Å²) < 4.78 is 6.09. The Kier molecular flexibility index (Phi) is 6.65. The molecule has 0 saturated carbocycles. The van der Waals surface area contributed by atoms with Crippen molar-refractivity contribution in [1.82, 2.24) is 4.98 Å². The molecule has 1 N–H and O–H groups in total. The van der Waals surface area contributed by atoms with Crippen LogP contribution < -0.4 is 10.1 Å². The van der Waals surface area contributed by atoms with Crippen LogP contribution in [-0.2, 0) is 6.42 Å². The predicted octanol–water partition coefficient (Wildman–Crippen LogP) is 6.51. The molecular weight excluding hydrogens is 360 g/mol. The fraction of sp³-hybridized carbons (Fsp3) is 0.280. The van der Waals surface area contributed by atoms with Crippen molar-refractivity contribution >= 4 is 11.6 Å². The van der Waals surface area contributed by atoms with Gasteiger partial charge in [0.15, 0.2) is 0 Å². The first kappa shape index (κ1) is 20.6. The highest BCUT2D eigenvalue weighted by molar-refractivity contribution is 6.05. The Morgan fingerprint density at radius 3 is 2.59 bits per heavy atom. The van der Waals surface area contributed by atoms with Crippen LogP contribution in [0.5, 0.6) is 11.5 Å². The van der Waals surface area contributed by atoms with Gasteiger partial charge in [0, 0.05) is 17.4 Å². The van der Waals surface area contributed by atoms with Crippen LogP contribution in [0.4, 0.5) is 5.69 Å². The summed E-state index contributed by atoms with van der Waals surface area (Å²) in [6, 6.07) is 19.3. The van der Waals surface area contributed by atoms with Crippen molar-refractivity contribution in [3.05, 3.63) is 83.2 Å². The van der Waals surface area contributed by atoms with Crippen LogP contribution in [0.2, 0.25) is 0 Å². The molecule has 0 saturated heterocycles. The second kappa shape index (κ2) is 9.37. The number of nitrogens with zero attached hydrogens (tertiary/aromatic N) is 1. The summed E-state index contributed by atoms with van der Waals surface area (Å²) in [5, 5.41) is 2.95. The number of ether oxygens (including phenoxy) is 1. The quantitative estimate of drug-likeness (QED) is 0.502. The summed E-state index contributed by atoms with van der Waals surface area (Å²) >= 11 is 0. The van der Waals surface area contributed by atoms with Crippen LogP contribution in [0.1, 0.15) is 60.4 Å². The lowest BCUT2D eigenvalue weighted by Crippen LogP contribution is -2.14. The fourth-order valence-electron chi connectivity index (χ4n) is 3.18. The molecule has 3 aromatic rings. The van der Waals surface area contributed by atoms with Gasteiger partial charge in [-0.1, -0.05) is 51.5 Å². The van der Waals surface area contributed by atoms with E-state index in [-0.39, 0.29) is 5.91 Å². The second-order valence-corrected chi connectivity index (χ2v) is 7.47. The molecule has 1 heterocycles. The topological polar surface area (TPSA) is 51.2 Å². The number of rotatable bonds is 7. The second-order valence-electron chi connectivity index (χ2n) is 7.47.